The molecule has 2 rings (SSSR count). The number of rotatable bonds is 3. The van der Waals surface area contributed by atoms with Crippen LogP contribution in [0.25, 0.3) is 0 Å². The summed E-state index contributed by atoms with van der Waals surface area (Å²) in [4.78, 5) is 8.05. The normalized spacial score (nSPS) is 17.1. The Balaban J connectivity index is 2.08. The summed E-state index contributed by atoms with van der Waals surface area (Å²) in [5.74, 6) is 1.03. The fourth-order valence-electron chi connectivity index (χ4n) is 1.79. The van der Waals surface area contributed by atoms with Crippen LogP contribution in [0.1, 0.15) is 19.3 Å². The van der Waals surface area contributed by atoms with Crippen molar-refractivity contribution >= 4 is 11.5 Å². The summed E-state index contributed by atoms with van der Waals surface area (Å²) >= 11 is 0. The Kier molecular flexibility index (Phi) is 3.40. The first-order valence-corrected chi connectivity index (χ1v) is 5.47. The van der Waals surface area contributed by atoms with Crippen LogP contribution in [0.3, 0.4) is 0 Å². The van der Waals surface area contributed by atoms with Crippen LogP contribution in [-0.2, 0) is 0 Å². The Morgan fingerprint density at radius 3 is 2.75 bits per heavy atom. The smallest absolute Gasteiger partial charge is 0.242 e. The van der Waals surface area contributed by atoms with Crippen LogP contribution >= 0.6 is 0 Å². The van der Waals surface area contributed by atoms with Crippen molar-refractivity contribution in [3.05, 3.63) is 6.33 Å². The van der Waals surface area contributed by atoms with Crippen LogP contribution in [0.4, 0.5) is 11.5 Å². The third kappa shape index (κ3) is 2.33. The molecule has 88 valence electrons. The van der Waals surface area contributed by atoms with E-state index < -0.39 is 0 Å². The first-order valence-electron chi connectivity index (χ1n) is 5.47. The van der Waals surface area contributed by atoms with E-state index in [4.69, 9.17) is 10.5 Å². The van der Waals surface area contributed by atoms with Gasteiger partial charge in [-0.15, -0.1) is 0 Å². The Morgan fingerprint density at radius 2 is 2.06 bits per heavy atom. The van der Waals surface area contributed by atoms with Crippen LogP contribution < -0.4 is 15.9 Å². The summed E-state index contributed by atoms with van der Waals surface area (Å²) in [7, 11) is 1.55. The van der Waals surface area contributed by atoms with Gasteiger partial charge >= 0.3 is 0 Å². The monoisotopic (exact) mass is 223 g/mol. The zero-order valence-electron chi connectivity index (χ0n) is 9.44. The van der Waals surface area contributed by atoms with E-state index in [1.807, 2.05) is 0 Å². The molecule has 3 N–H and O–H groups in total. The zero-order valence-corrected chi connectivity index (χ0v) is 9.44. The Morgan fingerprint density at radius 1 is 1.31 bits per heavy atom. The molecule has 6 nitrogen and oxygen atoms in total. The molecular weight excluding hydrogens is 206 g/mol. The van der Waals surface area contributed by atoms with Crippen molar-refractivity contribution in [3.8, 4) is 5.88 Å². The SMILES string of the molecule is COc1ncnc(NN2CCCCC2)c1N. The molecule has 0 aliphatic carbocycles. The fourth-order valence-corrected chi connectivity index (χ4v) is 1.79. The number of ether oxygens (including phenoxy) is 1. The van der Waals surface area contributed by atoms with Crippen LogP contribution in [-0.4, -0.2) is 35.2 Å². The Hall–Kier alpha value is -1.56. The van der Waals surface area contributed by atoms with Gasteiger partial charge in [0, 0.05) is 13.1 Å². The molecule has 2 heterocycles. The summed E-state index contributed by atoms with van der Waals surface area (Å²) < 4.78 is 5.04. The summed E-state index contributed by atoms with van der Waals surface area (Å²) in [6, 6.07) is 0. The van der Waals surface area contributed by atoms with E-state index in [0.717, 1.165) is 13.1 Å². The van der Waals surface area contributed by atoms with E-state index in [0.29, 0.717) is 17.4 Å². The minimum Gasteiger partial charge on any atom is -0.479 e. The van der Waals surface area contributed by atoms with Gasteiger partial charge in [0.2, 0.25) is 5.88 Å². The van der Waals surface area contributed by atoms with Crippen LogP contribution in [0.5, 0.6) is 5.88 Å². The highest BCUT2D eigenvalue weighted by Crippen LogP contribution is 2.24. The molecule has 0 bridgehead atoms. The molecule has 1 fully saturated rings. The van der Waals surface area contributed by atoms with Crippen LogP contribution in [0.15, 0.2) is 6.33 Å². The first-order chi connectivity index (χ1) is 7.81. The van der Waals surface area contributed by atoms with Gasteiger partial charge in [-0.3, -0.25) is 0 Å². The lowest BCUT2D eigenvalue weighted by molar-refractivity contribution is 0.272. The minimum atomic E-state index is 0.412. The third-order valence-electron chi connectivity index (χ3n) is 2.66. The average molecular weight is 223 g/mol. The molecule has 1 saturated heterocycles. The molecule has 1 aliphatic heterocycles. The molecule has 1 aromatic heterocycles. The van der Waals surface area contributed by atoms with Gasteiger partial charge in [-0.2, -0.15) is 4.98 Å². The molecule has 0 radical (unpaired) electrons. The number of nitrogens with two attached hydrogens (primary N) is 1. The lowest BCUT2D eigenvalue weighted by Crippen LogP contribution is -2.35. The number of methoxy groups -OCH3 is 1. The molecule has 0 unspecified atom stereocenters. The van der Waals surface area contributed by atoms with E-state index in [1.165, 1.54) is 25.6 Å². The van der Waals surface area contributed by atoms with Gasteiger partial charge in [0.15, 0.2) is 5.82 Å². The van der Waals surface area contributed by atoms with Gasteiger partial charge in [-0.1, -0.05) is 6.42 Å². The van der Waals surface area contributed by atoms with E-state index in [1.54, 1.807) is 7.11 Å². The van der Waals surface area contributed by atoms with Gasteiger partial charge in [-0.25, -0.2) is 9.99 Å². The molecule has 0 spiro atoms. The predicted octanol–water partition coefficient (Wildman–Crippen LogP) is 0.880. The minimum absolute atomic E-state index is 0.412. The van der Waals surface area contributed by atoms with Gasteiger partial charge < -0.3 is 15.9 Å². The number of hydrogen-bond donors (Lipinski definition) is 2. The number of anilines is 2. The highest BCUT2D eigenvalue weighted by molar-refractivity contribution is 5.65. The van der Waals surface area contributed by atoms with Crippen molar-refractivity contribution in [2.75, 3.05) is 31.4 Å². The third-order valence-corrected chi connectivity index (χ3v) is 2.66. The number of nitrogens with one attached hydrogen (secondary N) is 1. The molecule has 1 aromatic rings. The highest BCUT2D eigenvalue weighted by Gasteiger charge is 2.13. The van der Waals surface area contributed by atoms with Crippen LogP contribution in [0, 0.1) is 0 Å². The van der Waals surface area contributed by atoms with Crippen molar-refractivity contribution in [1.82, 2.24) is 15.0 Å². The number of nitrogen functional groups attached to an aromatic ring is 1. The second-order valence-electron chi connectivity index (χ2n) is 3.80. The average Bonchev–Trinajstić information content (AvgIpc) is 2.33. The van der Waals surface area contributed by atoms with Crippen molar-refractivity contribution in [3.63, 3.8) is 0 Å². The van der Waals surface area contributed by atoms with Crippen molar-refractivity contribution in [2.24, 2.45) is 0 Å². The number of nitrogens with zero attached hydrogens (tertiary/aromatic N) is 3. The van der Waals surface area contributed by atoms with Crippen molar-refractivity contribution in [2.45, 2.75) is 19.3 Å². The molecule has 0 aromatic carbocycles. The Labute approximate surface area is 94.8 Å². The quantitative estimate of drug-likeness (QED) is 0.792. The lowest BCUT2D eigenvalue weighted by atomic mass is 10.2. The first kappa shape index (κ1) is 10.9. The van der Waals surface area contributed by atoms with Crippen molar-refractivity contribution < 1.29 is 4.74 Å². The summed E-state index contributed by atoms with van der Waals surface area (Å²) in [6.45, 7) is 2.04. The lowest BCUT2D eigenvalue weighted by Gasteiger charge is -2.27. The zero-order chi connectivity index (χ0) is 11.4. The maximum atomic E-state index is 5.87. The molecule has 0 saturated carbocycles. The Bertz CT molecular complexity index is 351. The second-order valence-corrected chi connectivity index (χ2v) is 3.80. The van der Waals surface area contributed by atoms with Gasteiger partial charge in [0.1, 0.15) is 12.0 Å². The molecule has 0 amide bonds. The van der Waals surface area contributed by atoms with Gasteiger partial charge in [-0.05, 0) is 12.8 Å². The largest absolute Gasteiger partial charge is 0.479 e. The number of piperidine rings is 1. The highest BCUT2D eigenvalue weighted by atomic mass is 16.5. The van der Waals surface area contributed by atoms with Crippen molar-refractivity contribution in [1.29, 1.82) is 0 Å². The maximum absolute atomic E-state index is 5.87. The summed E-state index contributed by atoms with van der Waals surface area (Å²) in [6.07, 6.45) is 5.15. The second kappa shape index (κ2) is 4.98. The number of hydrogen-bond acceptors (Lipinski definition) is 6. The van der Waals surface area contributed by atoms with Crippen LogP contribution in [0.2, 0.25) is 0 Å². The molecule has 16 heavy (non-hydrogen) atoms. The molecule has 0 atom stereocenters. The van der Waals surface area contributed by atoms with E-state index in [9.17, 15) is 0 Å². The maximum Gasteiger partial charge on any atom is 0.242 e. The summed E-state index contributed by atoms with van der Waals surface area (Å²) in [5.41, 5.74) is 9.53. The standard InChI is InChI=1S/C10H17N5O/c1-16-10-8(11)9(12-7-13-10)14-15-5-3-2-4-6-15/h7H,2-6,11H2,1H3,(H,12,13,14). The fraction of sp³-hybridized carbons (Fsp3) is 0.600. The predicted molar refractivity (Wildman–Crippen MR) is 62.0 cm³/mol. The topological polar surface area (TPSA) is 76.3 Å². The molecular formula is C10H17N5O. The van der Waals surface area contributed by atoms with E-state index in [-0.39, 0.29) is 0 Å². The van der Waals surface area contributed by atoms with Gasteiger partial charge in [0.25, 0.3) is 0 Å². The van der Waals surface area contributed by atoms with E-state index in [2.05, 4.69) is 20.4 Å². The molecule has 1 aliphatic rings. The summed E-state index contributed by atoms with van der Waals surface area (Å²) in [5, 5.41) is 2.13. The number of hydrazine groups is 1. The van der Waals surface area contributed by atoms with Gasteiger partial charge in [0.05, 0.1) is 7.11 Å². The van der Waals surface area contributed by atoms with E-state index >= 15 is 0 Å². The number of aromatic nitrogens is 2. The molecule has 6 heteroatoms.